The Labute approximate surface area is 141 Å². The molecule has 0 aliphatic rings. The van der Waals surface area contributed by atoms with Gasteiger partial charge in [-0.25, -0.2) is 17.8 Å². The predicted molar refractivity (Wildman–Crippen MR) is 91.2 cm³/mol. The molecule has 0 saturated heterocycles. The molecule has 0 fully saturated rings. The first-order valence-electron chi connectivity index (χ1n) is 7.32. The summed E-state index contributed by atoms with van der Waals surface area (Å²) in [5.41, 5.74) is 3.40. The van der Waals surface area contributed by atoms with Gasteiger partial charge in [-0.05, 0) is 35.9 Å². The number of aromatic amines is 1. The minimum absolute atomic E-state index is 0.0473. The summed E-state index contributed by atoms with van der Waals surface area (Å²) < 4.78 is 41.8. The van der Waals surface area contributed by atoms with Crippen LogP contribution in [-0.2, 0) is 15.8 Å². The summed E-state index contributed by atoms with van der Waals surface area (Å²) in [4.78, 5) is 8.91. The first kappa shape index (κ1) is 15.8. The van der Waals surface area contributed by atoms with E-state index in [4.69, 9.17) is 10.3 Å². The average Bonchev–Trinajstić information content (AvgIpc) is 3.16. The molecule has 0 spiro atoms. The van der Waals surface area contributed by atoms with Gasteiger partial charge in [-0.1, -0.05) is 6.07 Å². The van der Waals surface area contributed by atoms with Gasteiger partial charge in [-0.3, -0.25) is 5.84 Å². The van der Waals surface area contributed by atoms with E-state index >= 15 is 0 Å². The van der Waals surface area contributed by atoms with Crippen LogP contribution in [0.5, 0.6) is 0 Å². The van der Waals surface area contributed by atoms with Crippen LogP contribution in [0, 0.1) is 5.82 Å². The van der Waals surface area contributed by atoms with Crippen molar-refractivity contribution in [1.29, 1.82) is 0 Å². The molecule has 25 heavy (non-hydrogen) atoms. The molecule has 0 saturated carbocycles. The fraction of sp³-hybridized carbons (Fsp3) is 0.0625. The Bertz CT molecular complexity index is 1200. The molecule has 7 nitrogen and oxygen atoms in total. The number of H-pyrrole nitrogens is 1. The van der Waals surface area contributed by atoms with Crippen molar-refractivity contribution in [2.45, 2.75) is 5.75 Å². The van der Waals surface area contributed by atoms with Gasteiger partial charge in [-0.15, -0.1) is 0 Å². The smallest absolute Gasteiger partial charge is 0.233 e. The largest absolute Gasteiger partial charge is 0.440 e. The molecule has 0 bridgehead atoms. The number of aromatic nitrogens is 2. The molecule has 0 unspecified atom stereocenters. The highest BCUT2D eigenvalue weighted by atomic mass is 32.2. The quantitative estimate of drug-likeness (QED) is 0.382. The Kier molecular flexibility index (Phi) is 3.57. The van der Waals surface area contributed by atoms with Crippen molar-refractivity contribution in [2.24, 2.45) is 5.84 Å². The molecular weight excluding hydrogens is 347 g/mol. The summed E-state index contributed by atoms with van der Waals surface area (Å²) in [5, 5.41) is 0.871. The third-order valence-electron chi connectivity index (χ3n) is 3.88. The first-order valence-corrected chi connectivity index (χ1v) is 8.97. The highest BCUT2D eigenvalue weighted by molar-refractivity contribution is 7.88. The van der Waals surface area contributed by atoms with Crippen LogP contribution >= 0.6 is 0 Å². The Morgan fingerprint density at radius 1 is 1.24 bits per heavy atom. The maximum atomic E-state index is 13.3. The number of oxazole rings is 1. The Balaban J connectivity index is 1.78. The van der Waals surface area contributed by atoms with Crippen molar-refractivity contribution in [2.75, 3.05) is 0 Å². The zero-order valence-electron chi connectivity index (χ0n) is 12.8. The highest BCUT2D eigenvalue weighted by Crippen LogP contribution is 2.31. The van der Waals surface area contributed by atoms with Gasteiger partial charge in [0.05, 0.1) is 0 Å². The van der Waals surface area contributed by atoms with E-state index < -0.39 is 15.8 Å². The number of halogens is 1. The van der Waals surface area contributed by atoms with Crippen molar-refractivity contribution < 1.29 is 17.2 Å². The number of nitrogens with one attached hydrogen (secondary N) is 2. The molecule has 0 atom stereocenters. The van der Waals surface area contributed by atoms with Gasteiger partial charge in [0.1, 0.15) is 17.1 Å². The second kappa shape index (κ2) is 5.66. The fourth-order valence-electron chi connectivity index (χ4n) is 2.74. The lowest BCUT2D eigenvalue weighted by Crippen LogP contribution is -2.31. The van der Waals surface area contributed by atoms with Crippen LogP contribution in [-0.4, -0.2) is 18.4 Å². The van der Waals surface area contributed by atoms with Crippen LogP contribution in [0.25, 0.3) is 33.1 Å². The van der Waals surface area contributed by atoms with Crippen molar-refractivity contribution in [3.8, 4) is 11.1 Å². The standard InChI is InChI=1S/C16H13FN4O3S/c17-10-2-3-11-12(7-19-14(11)6-10)9-1-4-13-15(5-9)24-16(20-13)8-25(22,23)21-18/h1-7,19,21H,8,18H2. The zero-order valence-corrected chi connectivity index (χ0v) is 13.6. The monoisotopic (exact) mass is 360 g/mol. The molecule has 4 N–H and O–H groups in total. The highest BCUT2D eigenvalue weighted by Gasteiger charge is 2.16. The number of nitrogens with zero attached hydrogens (tertiary/aromatic N) is 1. The van der Waals surface area contributed by atoms with Crippen molar-refractivity contribution in [3.63, 3.8) is 0 Å². The van der Waals surface area contributed by atoms with Crippen LogP contribution in [0.3, 0.4) is 0 Å². The lowest BCUT2D eigenvalue weighted by Gasteiger charge is -1.99. The van der Waals surface area contributed by atoms with Gasteiger partial charge in [0, 0.05) is 22.7 Å². The molecule has 0 aliphatic carbocycles. The normalized spacial score (nSPS) is 12.2. The molecule has 128 valence electrons. The summed E-state index contributed by atoms with van der Waals surface area (Å²) in [7, 11) is -3.68. The lowest BCUT2D eigenvalue weighted by molar-refractivity contribution is 0.536. The van der Waals surface area contributed by atoms with E-state index in [9.17, 15) is 12.8 Å². The summed E-state index contributed by atoms with van der Waals surface area (Å²) in [6.45, 7) is 0. The number of rotatable bonds is 4. The Morgan fingerprint density at radius 2 is 2.08 bits per heavy atom. The topological polar surface area (TPSA) is 114 Å². The number of nitrogens with two attached hydrogens (primary N) is 1. The predicted octanol–water partition coefficient (Wildman–Crippen LogP) is 2.41. The van der Waals surface area contributed by atoms with Gasteiger partial charge in [0.25, 0.3) is 0 Å². The number of hydrazine groups is 1. The van der Waals surface area contributed by atoms with Crippen molar-refractivity contribution in [1.82, 2.24) is 14.8 Å². The van der Waals surface area contributed by atoms with E-state index in [0.717, 1.165) is 16.5 Å². The molecule has 9 heteroatoms. The lowest BCUT2D eigenvalue weighted by atomic mass is 10.0. The van der Waals surface area contributed by atoms with Gasteiger partial charge in [0.15, 0.2) is 5.58 Å². The Morgan fingerprint density at radius 3 is 2.88 bits per heavy atom. The van der Waals surface area contributed by atoms with Crippen LogP contribution in [0.4, 0.5) is 4.39 Å². The molecular formula is C16H13FN4O3S. The molecule has 0 aliphatic heterocycles. The summed E-state index contributed by atoms with van der Waals surface area (Å²) in [6, 6.07) is 9.87. The maximum absolute atomic E-state index is 13.3. The number of fused-ring (bicyclic) bond motifs is 2. The van der Waals surface area contributed by atoms with E-state index in [0.29, 0.717) is 16.6 Å². The summed E-state index contributed by atoms with van der Waals surface area (Å²) in [6.07, 6.45) is 1.78. The van der Waals surface area contributed by atoms with Crippen LogP contribution in [0.2, 0.25) is 0 Å². The van der Waals surface area contributed by atoms with E-state index in [-0.39, 0.29) is 11.7 Å². The number of benzene rings is 2. The maximum Gasteiger partial charge on any atom is 0.233 e. The SMILES string of the molecule is NNS(=O)(=O)Cc1nc2ccc(-c3c[nH]c4cc(F)ccc34)cc2o1. The molecule has 2 aromatic carbocycles. The number of hydrogen-bond acceptors (Lipinski definition) is 5. The minimum atomic E-state index is -3.68. The number of hydrogen-bond donors (Lipinski definition) is 3. The van der Waals surface area contributed by atoms with Gasteiger partial charge < -0.3 is 9.40 Å². The van der Waals surface area contributed by atoms with E-state index in [1.54, 1.807) is 29.2 Å². The molecule has 0 radical (unpaired) electrons. The van der Waals surface area contributed by atoms with Crippen molar-refractivity contribution >= 4 is 32.0 Å². The van der Waals surface area contributed by atoms with Crippen LogP contribution in [0.1, 0.15) is 5.89 Å². The van der Waals surface area contributed by atoms with Crippen LogP contribution < -0.4 is 10.7 Å². The van der Waals surface area contributed by atoms with E-state index in [1.165, 1.54) is 12.1 Å². The molecule has 4 aromatic rings. The second-order valence-corrected chi connectivity index (χ2v) is 7.31. The summed E-state index contributed by atoms with van der Waals surface area (Å²) >= 11 is 0. The molecule has 4 rings (SSSR count). The molecule has 2 heterocycles. The number of sulfonamides is 1. The minimum Gasteiger partial charge on any atom is -0.440 e. The molecule has 2 aromatic heterocycles. The van der Waals surface area contributed by atoms with Gasteiger partial charge in [0.2, 0.25) is 15.9 Å². The van der Waals surface area contributed by atoms with E-state index in [1.807, 2.05) is 6.07 Å². The second-order valence-electron chi connectivity index (χ2n) is 5.56. The Hall–Kier alpha value is -2.75. The first-order chi connectivity index (χ1) is 11.9. The zero-order chi connectivity index (χ0) is 17.6. The fourth-order valence-corrected chi connectivity index (χ4v) is 3.28. The summed E-state index contributed by atoms with van der Waals surface area (Å²) in [5.74, 6) is 4.25. The third kappa shape index (κ3) is 2.88. The van der Waals surface area contributed by atoms with Crippen molar-refractivity contribution in [3.05, 3.63) is 54.3 Å². The molecule has 0 amide bonds. The van der Waals surface area contributed by atoms with E-state index in [2.05, 4.69) is 9.97 Å². The third-order valence-corrected chi connectivity index (χ3v) is 4.87. The van der Waals surface area contributed by atoms with Crippen LogP contribution in [0.15, 0.2) is 47.0 Å². The average molecular weight is 360 g/mol. The van der Waals surface area contributed by atoms with Gasteiger partial charge >= 0.3 is 0 Å². The van der Waals surface area contributed by atoms with Gasteiger partial charge in [-0.2, -0.15) is 4.83 Å².